The second-order valence-electron chi connectivity index (χ2n) is 4.79. The van der Waals surface area contributed by atoms with E-state index < -0.39 is 0 Å². The second kappa shape index (κ2) is 7.45. The third kappa shape index (κ3) is 4.22. The summed E-state index contributed by atoms with van der Waals surface area (Å²) < 4.78 is 23.8. The summed E-state index contributed by atoms with van der Waals surface area (Å²) in [7, 11) is 1.50. The average Bonchev–Trinajstić information content (AvgIpc) is 2.52. The molecule has 116 valence electrons. The lowest BCUT2D eigenvalue weighted by atomic mass is 10.2. The number of benzene rings is 2. The lowest BCUT2D eigenvalue weighted by Gasteiger charge is -2.11. The Morgan fingerprint density at radius 1 is 1.18 bits per heavy atom. The Kier molecular flexibility index (Phi) is 5.36. The number of amides is 1. The zero-order valence-electron chi connectivity index (χ0n) is 12.6. The molecule has 5 heteroatoms. The molecule has 0 aliphatic heterocycles. The SMILES string of the molecule is COc1ccc(F)cc1CNC(=O)COc1ccccc1C. The lowest BCUT2D eigenvalue weighted by Crippen LogP contribution is -2.28. The van der Waals surface area contributed by atoms with E-state index in [-0.39, 0.29) is 24.9 Å². The van der Waals surface area contributed by atoms with Gasteiger partial charge in [-0.25, -0.2) is 4.39 Å². The van der Waals surface area contributed by atoms with Crippen LogP contribution in [0.2, 0.25) is 0 Å². The van der Waals surface area contributed by atoms with Gasteiger partial charge in [-0.2, -0.15) is 0 Å². The molecule has 0 aliphatic carbocycles. The Bertz CT molecular complexity index is 658. The highest BCUT2D eigenvalue weighted by Crippen LogP contribution is 2.19. The Labute approximate surface area is 128 Å². The third-order valence-corrected chi connectivity index (χ3v) is 3.17. The van der Waals surface area contributed by atoms with Crippen LogP contribution >= 0.6 is 0 Å². The normalized spacial score (nSPS) is 10.1. The molecule has 0 atom stereocenters. The minimum atomic E-state index is -0.374. The van der Waals surface area contributed by atoms with Crippen molar-refractivity contribution in [3.63, 3.8) is 0 Å². The number of methoxy groups -OCH3 is 1. The maximum Gasteiger partial charge on any atom is 0.258 e. The highest BCUT2D eigenvalue weighted by molar-refractivity contribution is 5.77. The minimum absolute atomic E-state index is 0.0948. The number of hydrogen-bond acceptors (Lipinski definition) is 3. The number of ether oxygens (including phenoxy) is 2. The molecule has 0 bridgehead atoms. The molecule has 0 saturated carbocycles. The number of carbonyl (C=O) groups is 1. The Balaban J connectivity index is 1.88. The van der Waals surface area contributed by atoms with Crippen LogP contribution in [0.3, 0.4) is 0 Å². The van der Waals surface area contributed by atoms with Crippen molar-refractivity contribution < 1.29 is 18.7 Å². The van der Waals surface area contributed by atoms with Crippen molar-refractivity contribution in [2.45, 2.75) is 13.5 Å². The highest BCUT2D eigenvalue weighted by Gasteiger charge is 2.08. The van der Waals surface area contributed by atoms with Crippen molar-refractivity contribution >= 4 is 5.91 Å². The third-order valence-electron chi connectivity index (χ3n) is 3.17. The number of carbonyl (C=O) groups excluding carboxylic acids is 1. The van der Waals surface area contributed by atoms with Crippen LogP contribution in [0, 0.1) is 12.7 Å². The zero-order valence-corrected chi connectivity index (χ0v) is 12.6. The standard InChI is InChI=1S/C17H18FNO3/c1-12-5-3-4-6-15(12)22-11-17(20)19-10-13-9-14(18)7-8-16(13)21-2/h3-9H,10-11H2,1-2H3,(H,19,20). The van der Waals surface area contributed by atoms with E-state index >= 15 is 0 Å². The van der Waals surface area contributed by atoms with Crippen LogP contribution in [0.25, 0.3) is 0 Å². The summed E-state index contributed by atoms with van der Waals surface area (Å²) in [6, 6.07) is 11.6. The van der Waals surface area contributed by atoms with Gasteiger partial charge < -0.3 is 14.8 Å². The fourth-order valence-electron chi connectivity index (χ4n) is 1.99. The molecule has 0 fully saturated rings. The van der Waals surface area contributed by atoms with E-state index in [4.69, 9.17) is 9.47 Å². The van der Waals surface area contributed by atoms with E-state index in [0.29, 0.717) is 17.1 Å². The second-order valence-corrected chi connectivity index (χ2v) is 4.79. The number of hydrogen-bond donors (Lipinski definition) is 1. The van der Waals surface area contributed by atoms with Gasteiger partial charge in [0.1, 0.15) is 17.3 Å². The molecule has 0 spiro atoms. The fraction of sp³-hybridized carbons (Fsp3) is 0.235. The number of aryl methyl sites for hydroxylation is 1. The van der Waals surface area contributed by atoms with Gasteiger partial charge in [-0.15, -0.1) is 0 Å². The Morgan fingerprint density at radius 3 is 2.68 bits per heavy atom. The van der Waals surface area contributed by atoms with Gasteiger partial charge in [0.2, 0.25) is 0 Å². The van der Waals surface area contributed by atoms with Crippen LogP contribution in [0.4, 0.5) is 4.39 Å². The molecule has 1 N–H and O–H groups in total. The maximum absolute atomic E-state index is 13.2. The first-order valence-electron chi connectivity index (χ1n) is 6.87. The van der Waals surface area contributed by atoms with E-state index in [0.717, 1.165) is 5.56 Å². The van der Waals surface area contributed by atoms with Crippen molar-refractivity contribution in [3.05, 3.63) is 59.4 Å². The Hall–Kier alpha value is -2.56. The topological polar surface area (TPSA) is 47.6 Å². The van der Waals surface area contributed by atoms with Crippen molar-refractivity contribution in [3.8, 4) is 11.5 Å². The molecule has 0 aromatic heterocycles. The van der Waals surface area contributed by atoms with Gasteiger partial charge in [0.15, 0.2) is 6.61 Å². The van der Waals surface area contributed by atoms with Gasteiger partial charge in [-0.1, -0.05) is 18.2 Å². The predicted octanol–water partition coefficient (Wildman–Crippen LogP) is 2.84. The molecule has 2 rings (SSSR count). The maximum atomic E-state index is 13.2. The first-order chi connectivity index (χ1) is 10.6. The van der Waals surface area contributed by atoms with E-state index in [9.17, 15) is 9.18 Å². The van der Waals surface area contributed by atoms with Gasteiger partial charge in [0.25, 0.3) is 5.91 Å². The summed E-state index contributed by atoms with van der Waals surface area (Å²) in [5.74, 6) is 0.540. The van der Waals surface area contributed by atoms with Gasteiger partial charge in [0, 0.05) is 12.1 Å². The molecule has 4 nitrogen and oxygen atoms in total. The molecule has 2 aromatic rings. The minimum Gasteiger partial charge on any atom is -0.496 e. The number of nitrogens with one attached hydrogen (secondary N) is 1. The number of para-hydroxylation sites is 1. The van der Waals surface area contributed by atoms with E-state index in [1.165, 1.54) is 25.3 Å². The highest BCUT2D eigenvalue weighted by atomic mass is 19.1. The molecule has 2 aromatic carbocycles. The van der Waals surface area contributed by atoms with Gasteiger partial charge >= 0.3 is 0 Å². The molecule has 0 radical (unpaired) electrons. The van der Waals surface area contributed by atoms with Gasteiger partial charge in [-0.3, -0.25) is 4.79 Å². The molecule has 1 amide bonds. The lowest BCUT2D eigenvalue weighted by molar-refractivity contribution is -0.123. The van der Waals surface area contributed by atoms with E-state index in [2.05, 4.69) is 5.32 Å². The summed E-state index contributed by atoms with van der Waals surface area (Å²) in [6.07, 6.45) is 0. The van der Waals surface area contributed by atoms with Crippen LogP contribution in [0.15, 0.2) is 42.5 Å². The summed E-state index contributed by atoms with van der Waals surface area (Å²) >= 11 is 0. The van der Waals surface area contributed by atoms with Crippen molar-refractivity contribution in [2.75, 3.05) is 13.7 Å². The molecule has 0 unspecified atom stereocenters. The summed E-state index contributed by atoms with van der Waals surface area (Å²) in [5.41, 5.74) is 1.54. The van der Waals surface area contributed by atoms with Crippen LogP contribution < -0.4 is 14.8 Å². The molecule has 0 heterocycles. The van der Waals surface area contributed by atoms with Gasteiger partial charge in [-0.05, 0) is 36.8 Å². The zero-order chi connectivity index (χ0) is 15.9. The van der Waals surface area contributed by atoms with Crippen LogP contribution in [0.1, 0.15) is 11.1 Å². The smallest absolute Gasteiger partial charge is 0.258 e. The number of rotatable bonds is 6. The van der Waals surface area contributed by atoms with Crippen LogP contribution in [-0.4, -0.2) is 19.6 Å². The van der Waals surface area contributed by atoms with Crippen LogP contribution in [0.5, 0.6) is 11.5 Å². The summed E-state index contributed by atoms with van der Waals surface area (Å²) in [5, 5.41) is 2.68. The van der Waals surface area contributed by atoms with Gasteiger partial charge in [0.05, 0.1) is 7.11 Å². The molecule has 0 saturated heterocycles. The first-order valence-corrected chi connectivity index (χ1v) is 6.87. The van der Waals surface area contributed by atoms with Crippen molar-refractivity contribution in [2.24, 2.45) is 0 Å². The molecule has 0 aliphatic rings. The summed E-state index contributed by atoms with van der Waals surface area (Å²) in [6.45, 7) is 1.99. The Morgan fingerprint density at radius 2 is 1.95 bits per heavy atom. The monoisotopic (exact) mass is 303 g/mol. The van der Waals surface area contributed by atoms with Crippen LogP contribution in [-0.2, 0) is 11.3 Å². The molecular weight excluding hydrogens is 285 g/mol. The largest absolute Gasteiger partial charge is 0.496 e. The number of halogens is 1. The van der Waals surface area contributed by atoms with Crippen molar-refractivity contribution in [1.82, 2.24) is 5.32 Å². The van der Waals surface area contributed by atoms with E-state index in [1.54, 1.807) is 6.07 Å². The van der Waals surface area contributed by atoms with Crippen molar-refractivity contribution in [1.29, 1.82) is 0 Å². The average molecular weight is 303 g/mol. The fourth-order valence-corrected chi connectivity index (χ4v) is 1.99. The summed E-state index contributed by atoms with van der Waals surface area (Å²) in [4.78, 5) is 11.8. The molecule has 22 heavy (non-hydrogen) atoms. The molecular formula is C17H18FNO3. The quantitative estimate of drug-likeness (QED) is 0.892. The predicted molar refractivity (Wildman–Crippen MR) is 81.5 cm³/mol. The first kappa shape index (κ1) is 15.8. The van der Waals surface area contributed by atoms with E-state index in [1.807, 2.05) is 25.1 Å².